The minimum Gasteiger partial charge on any atom is -0.373 e. The number of nitrogens with zero attached hydrogens (tertiary/aromatic N) is 1. The van der Waals surface area contributed by atoms with Crippen LogP contribution in [0, 0.1) is 6.92 Å². The van der Waals surface area contributed by atoms with E-state index in [-0.39, 0.29) is 24.5 Å². The van der Waals surface area contributed by atoms with E-state index in [0.717, 1.165) is 22.0 Å². The molecule has 0 bridgehead atoms. The molecule has 1 aromatic carbocycles. The Hall–Kier alpha value is -2.14. The van der Waals surface area contributed by atoms with Crippen LogP contribution in [-0.2, 0) is 4.79 Å². The van der Waals surface area contributed by atoms with Gasteiger partial charge >= 0.3 is 0 Å². The number of para-hydroxylation sites is 1. The molecule has 0 spiro atoms. The molecule has 0 radical (unpaired) electrons. The molecular formula is C18H22N2O2S. The SMILES string of the molecule is Cc1ccc(C(=O)CCC(=O)NCCN(C)c2ccccc2)s1. The van der Waals surface area contributed by atoms with Crippen molar-refractivity contribution in [1.29, 1.82) is 0 Å². The number of carbonyl (C=O) groups is 2. The largest absolute Gasteiger partial charge is 0.373 e. The number of nitrogens with one attached hydrogen (secondary N) is 1. The van der Waals surface area contributed by atoms with Gasteiger partial charge in [-0.25, -0.2) is 0 Å². The van der Waals surface area contributed by atoms with Crippen LogP contribution in [0.2, 0.25) is 0 Å². The average molecular weight is 330 g/mol. The molecule has 23 heavy (non-hydrogen) atoms. The van der Waals surface area contributed by atoms with E-state index in [4.69, 9.17) is 0 Å². The number of thiophene rings is 1. The number of anilines is 1. The summed E-state index contributed by atoms with van der Waals surface area (Å²) in [4.78, 5) is 27.7. The van der Waals surface area contributed by atoms with Crippen LogP contribution >= 0.6 is 11.3 Å². The summed E-state index contributed by atoms with van der Waals surface area (Å²) < 4.78 is 0. The normalized spacial score (nSPS) is 10.3. The van der Waals surface area contributed by atoms with Crippen LogP contribution in [0.4, 0.5) is 5.69 Å². The molecule has 0 aliphatic heterocycles. The number of carbonyl (C=O) groups excluding carboxylic acids is 2. The molecule has 0 aliphatic rings. The third kappa shape index (κ3) is 5.53. The molecule has 4 nitrogen and oxygen atoms in total. The number of likely N-dealkylation sites (N-methyl/N-ethyl adjacent to an activating group) is 1. The second kappa shape index (κ2) is 8.48. The Labute approximate surface area is 141 Å². The lowest BCUT2D eigenvalue weighted by atomic mass is 10.2. The number of benzene rings is 1. The van der Waals surface area contributed by atoms with Gasteiger partial charge in [-0.1, -0.05) is 18.2 Å². The van der Waals surface area contributed by atoms with Gasteiger partial charge in [-0.05, 0) is 31.2 Å². The van der Waals surface area contributed by atoms with Crippen molar-refractivity contribution in [3.63, 3.8) is 0 Å². The molecule has 2 rings (SSSR count). The summed E-state index contributed by atoms with van der Waals surface area (Å²) >= 11 is 1.48. The Kier molecular flexibility index (Phi) is 6.35. The van der Waals surface area contributed by atoms with Crippen molar-refractivity contribution in [3.8, 4) is 0 Å². The standard InChI is InChI=1S/C18H22N2O2S/c1-14-8-10-17(23-14)16(21)9-11-18(22)19-12-13-20(2)15-6-4-3-5-7-15/h3-8,10H,9,11-13H2,1-2H3,(H,19,22). The number of Topliss-reactive ketones (excluding diaryl/α,β-unsaturated/α-hetero) is 1. The lowest BCUT2D eigenvalue weighted by Gasteiger charge is -2.19. The van der Waals surface area contributed by atoms with Gasteiger partial charge in [0.2, 0.25) is 5.91 Å². The summed E-state index contributed by atoms with van der Waals surface area (Å²) in [5.74, 6) is -0.0345. The summed E-state index contributed by atoms with van der Waals surface area (Å²) in [5.41, 5.74) is 1.12. The highest BCUT2D eigenvalue weighted by molar-refractivity contribution is 7.14. The number of hydrogen-bond donors (Lipinski definition) is 1. The van der Waals surface area contributed by atoms with Gasteiger partial charge < -0.3 is 10.2 Å². The van der Waals surface area contributed by atoms with Gasteiger partial charge in [0.15, 0.2) is 5.78 Å². The van der Waals surface area contributed by atoms with Gasteiger partial charge in [0.1, 0.15) is 0 Å². The predicted octanol–water partition coefficient (Wildman–Crippen LogP) is 3.27. The van der Waals surface area contributed by atoms with Crippen LogP contribution in [0.25, 0.3) is 0 Å². The molecule has 0 fully saturated rings. The van der Waals surface area contributed by atoms with Crippen molar-refractivity contribution in [2.45, 2.75) is 19.8 Å². The maximum absolute atomic E-state index is 12.0. The zero-order valence-electron chi connectivity index (χ0n) is 13.5. The lowest BCUT2D eigenvalue weighted by molar-refractivity contribution is -0.120. The smallest absolute Gasteiger partial charge is 0.220 e. The molecular weight excluding hydrogens is 308 g/mol. The quantitative estimate of drug-likeness (QED) is 0.756. The van der Waals surface area contributed by atoms with Gasteiger partial charge in [-0.15, -0.1) is 11.3 Å². The monoisotopic (exact) mass is 330 g/mol. The van der Waals surface area contributed by atoms with Gasteiger partial charge in [0.05, 0.1) is 4.88 Å². The number of rotatable bonds is 8. The number of aryl methyl sites for hydroxylation is 1. The van der Waals surface area contributed by atoms with Crippen molar-refractivity contribution in [2.24, 2.45) is 0 Å². The minimum atomic E-state index is -0.0758. The second-order valence-electron chi connectivity index (χ2n) is 5.44. The Bertz CT molecular complexity index is 652. The first kappa shape index (κ1) is 17.2. The van der Waals surface area contributed by atoms with E-state index in [1.165, 1.54) is 11.3 Å². The first-order valence-electron chi connectivity index (χ1n) is 7.69. The molecule has 1 amide bonds. The second-order valence-corrected chi connectivity index (χ2v) is 6.73. The highest BCUT2D eigenvalue weighted by Crippen LogP contribution is 2.17. The molecule has 0 saturated carbocycles. The fraction of sp³-hybridized carbons (Fsp3) is 0.333. The van der Waals surface area contributed by atoms with Crippen LogP contribution in [0.1, 0.15) is 27.4 Å². The van der Waals surface area contributed by atoms with Crippen molar-refractivity contribution in [3.05, 3.63) is 52.2 Å². The van der Waals surface area contributed by atoms with Crippen LogP contribution < -0.4 is 10.2 Å². The van der Waals surface area contributed by atoms with Crippen LogP contribution in [0.15, 0.2) is 42.5 Å². The zero-order valence-corrected chi connectivity index (χ0v) is 14.4. The Morgan fingerprint density at radius 2 is 1.83 bits per heavy atom. The van der Waals surface area contributed by atoms with Crippen molar-refractivity contribution in [1.82, 2.24) is 5.32 Å². The number of ketones is 1. The summed E-state index contributed by atoms with van der Waals surface area (Å²) in [6, 6.07) is 13.8. The maximum Gasteiger partial charge on any atom is 0.220 e. The Morgan fingerprint density at radius 1 is 1.09 bits per heavy atom. The maximum atomic E-state index is 12.0. The van der Waals surface area contributed by atoms with Crippen molar-refractivity contribution >= 4 is 28.7 Å². The topological polar surface area (TPSA) is 49.4 Å². The van der Waals surface area contributed by atoms with Crippen molar-refractivity contribution < 1.29 is 9.59 Å². The van der Waals surface area contributed by atoms with Crippen molar-refractivity contribution in [2.75, 3.05) is 25.0 Å². The highest BCUT2D eigenvalue weighted by atomic mass is 32.1. The van der Waals surface area contributed by atoms with Gasteiger partial charge in [-0.3, -0.25) is 9.59 Å². The number of hydrogen-bond acceptors (Lipinski definition) is 4. The molecule has 1 heterocycles. The molecule has 0 unspecified atom stereocenters. The summed E-state index contributed by atoms with van der Waals surface area (Å²) in [7, 11) is 1.99. The van der Waals surface area contributed by atoms with E-state index in [0.29, 0.717) is 6.54 Å². The average Bonchev–Trinajstić information content (AvgIpc) is 3.00. The highest BCUT2D eigenvalue weighted by Gasteiger charge is 2.11. The number of amides is 1. The third-order valence-corrected chi connectivity index (χ3v) is 4.60. The summed E-state index contributed by atoms with van der Waals surface area (Å²) in [5, 5.41) is 2.87. The van der Waals surface area contributed by atoms with E-state index in [1.54, 1.807) is 0 Å². The molecule has 0 atom stereocenters. The lowest BCUT2D eigenvalue weighted by Crippen LogP contribution is -2.33. The van der Waals surface area contributed by atoms with Crippen LogP contribution in [0.3, 0.4) is 0 Å². The molecule has 2 aromatic rings. The van der Waals surface area contributed by atoms with E-state index < -0.39 is 0 Å². The zero-order chi connectivity index (χ0) is 16.7. The first-order valence-corrected chi connectivity index (χ1v) is 8.50. The molecule has 1 N–H and O–H groups in total. The molecule has 0 aliphatic carbocycles. The Morgan fingerprint density at radius 3 is 2.48 bits per heavy atom. The predicted molar refractivity (Wildman–Crippen MR) is 95.3 cm³/mol. The van der Waals surface area contributed by atoms with E-state index in [2.05, 4.69) is 10.2 Å². The molecule has 1 aromatic heterocycles. The van der Waals surface area contributed by atoms with Crippen LogP contribution in [0.5, 0.6) is 0 Å². The van der Waals surface area contributed by atoms with Gasteiger partial charge in [0.25, 0.3) is 0 Å². The van der Waals surface area contributed by atoms with Gasteiger partial charge in [-0.2, -0.15) is 0 Å². The molecule has 0 saturated heterocycles. The third-order valence-electron chi connectivity index (χ3n) is 3.56. The van der Waals surface area contributed by atoms with E-state index in [1.807, 2.05) is 56.4 Å². The minimum absolute atomic E-state index is 0.0413. The fourth-order valence-electron chi connectivity index (χ4n) is 2.20. The summed E-state index contributed by atoms with van der Waals surface area (Å²) in [6.07, 6.45) is 0.505. The summed E-state index contributed by atoms with van der Waals surface area (Å²) in [6.45, 7) is 3.27. The molecule has 122 valence electrons. The van der Waals surface area contributed by atoms with E-state index >= 15 is 0 Å². The van der Waals surface area contributed by atoms with Crippen LogP contribution in [-0.4, -0.2) is 31.8 Å². The fourth-order valence-corrected chi connectivity index (χ4v) is 3.03. The molecule has 5 heteroatoms. The van der Waals surface area contributed by atoms with E-state index in [9.17, 15) is 9.59 Å². The first-order chi connectivity index (χ1) is 11.1. The Balaban J connectivity index is 1.66. The van der Waals surface area contributed by atoms with Gasteiger partial charge in [0, 0.05) is 43.5 Å².